The molecule has 5 aromatic rings. The van der Waals surface area contributed by atoms with Gasteiger partial charge in [-0.1, -0.05) is 142 Å². The van der Waals surface area contributed by atoms with Crippen molar-refractivity contribution in [2.75, 3.05) is 0 Å². The second-order valence-corrected chi connectivity index (χ2v) is 19.6. The number of cyclic esters (lactones) is 1. The van der Waals surface area contributed by atoms with Gasteiger partial charge in [0.25, 0.3) is 14.6 Å². The maximum absolute atomic E-state index is 13.8. The van der Waals surface area contributed by atoms with Gasteiger partial charge in [-0.05, 0) is 82.9 Å². The summed E-state index contributed by atoms with van der Waals surface area (Å²) in [6.07, 6.45) is -3.36. The molecule has 5 aromatic carbocycles. The fourth-order valence-electron chi connectivity index (χ4n) is 7.32. The molecule has 0 aromatic heterocycles. The molecule has 1 aliphatic heterocycles. The van der Waals surface area contributed by atoms with Gasteiger partial charge in [0.2, 0.25) is 0 Å². The van der Waals surface area contributed by atoms with Gasteiger partial charge in [0.15, 0.2) is 5.76 Å². The largest absolute Gasteiger partial charge is 0.505 e. The van der Waals surface area contributed by atoms with Gasteiger partial charge in [-0.2, -0.15) is 13.2 Å². The Hall–Kier alpha value is -5.45. The number of para-hydroxylation sites is 1. The molecule has 10 heteroatoms. The van der Waals surface area contributed by atoms with E-state index in [0.29, 0.717) is 49.3 Å². The van der Waals surface area contributed by atoms with Gasteiger partial charge >= 0.3 is 12.1 Å². The minimum atomic E-state index is -4.40. The van der Waals surface area contributed by atoms with E-state index >= 15 is 0 Å². The molecular formula is C47H48F3NO5Si. The minimum absolute atomic E-state index is 0.0332. The van der Waals surface area contributed by atoms with Crippen molar-refractivity contribution in [2.24, 2.45) is 4.99 Å². The van der Waals surface area contributed by atoms with Crippen molar-refractivity contribution in [1.82, 2.24) is 0 Å². The zero-order valence-corrected chi connectivity index (χ0v) is 33.7. The number of nitrogens with zero attached hydrogens (tertiary/aromatic N) is 1. The van der Waals surface area contributed by atoms with Crippen LogP contribution in [0, 0.1) is 6.92 Å². The Balaban J connectivity index is 1.23. The van der Waals surface area contributed by atoms with Crippen molar-refractivity contribution in [1.29, 1.82) is 0 Å². The molecule has 1 aliphatic rings. The van der Waals surface area contributed by atoms with Gasteiger partial charge in [0, 0.05) is 0 Å². The highest BCUT2D eigenvalue weighted by Gasteiger charge is 2.54. The number of aliphatic imine (C=N–C) groups is 1. The fraction of sp³-hybridized carbons (Fsp3) is 0.277. The molecule has 57 heavy (non-hydrogen) atoms. The number of benzene rings is 5. The maximum Gasteiger partial charge on any atom is 0.416 e. The molecule has 0 aliphatic carbocycles. The predicted molar refractivity (Wildman–Crippen MR) is 220 cm³/mol. The number of ether oxygens (including phenoxy) is 2. The smallest absolute Gasteiger partial charge is 0.416 e. The molecule has 0 amide bonds. The van der Waals surface area contributed by atoms with Crippen LogP contribution in [0.3, 0.4) is 0 Å². The number of hydrogen-bond donors (Lipinski definition) is 1. The first-order valence-corrected chi connectivity index (χ1v) is 21.1. The summed E-state index contributed by atoms with van der Waals surface area (Å²) in [5.74, 6) is -0.313. The molecule has 0 fully saturated rings. The Morgan fingerprint density at radius 2 is 1.42 bits per heavy atom. The number of unbranched alkanes of at least 4 members (excludes halogenated alkanes) is 1. The van der Waals surface area contributed by atoms with Crippen LogP contribution >= 0.6 is 0 Å². The zero-order chi connectivity index (χ0) is 40.6. The predicted octanol–water partition coefficient (Wildman–Crippen LogP) is 10.2. The van der Waals surface area contributed by atoms with E-state index in [4.69, 9.17) is 18.9 Å². The van der Waals surface area contributed by atoms with E-state index in [-0.39, 0.29) is 17.9 Å². The lowest BCUT2D eigenvalue weighted by Crippen LogP contribution is -2.67. The van der Waals surface area contributed by atoms with Gasteiger partial charge in [-0.3, -0.25) is 4.99 Å². The third-order valence-corrected chi connectivity index (χ3v) is 15.2. The lowest BCUT2D eigenvalue weighted by Gasteiger charge is -2.43. The van der Waals surface area contributed by atoms with Crippen molar-refractivity contribution in [2.45, 2.75) is 84.0 Å². The molecule has 0 saturated heterocycles. The number of aliphatic hydroxyl groups is 1. The van der Waals surface area contributed by atoms with Crippen LogP contribution in [0.2, 0.25) is 5.04 Å². The van der Waals surface area contributed by atoms with Crippen molar-refractivity contribution in [3.8, 4) is 5.75 Å². The lowest BCUT2D eigenvalue weighted by atomic mass is 10.0. The first-order chi connectivity index (χ1) is 27.3. The Bertz CT molecular complexity index is 2160. The molecule has 0 saturated carbocycles. The number of hydrogen-bond acceptors (Lipinski definition) is 6. The summed E-state index contributed by atoms with van der Waals surface area (Å²) >= 11 is 0. The van der Waals surface area contributed by atoms with Crippen LogP contribution in [0.5, 0.6) is 5.75 Å². The molecule has 0 spiro atoms. The van der Waals surface area contributed by atoms with Gasteiger partial charge < -0.3 is 19.0 Å². The number of carbonyl (C=O) groups is 1. The fourth-order valence-corrected chi connectivity index (χ4v) is 11.8. The summed E-state index contributed by atoms with van der Waals surface area (Å²) in [5, 5.41) is 13.5. The summed E-state index contributed by atoms with van der Waals surface area (Å²) in [7, 11) is -3.21. The normalized spacial score (nSPS) is 15.2. The van der Waals surface area contributed by atoms with E-state index in [9.17, 15) is 23.1 Å². The van der Waals surface area contributed by atoms with Crippen LogP contribution in [0.25, 0.3) is 0 Å². The zero-order valence-electron chi connectivity index (χ0n) is 32.7. The Morgan fingerprint density at radius 1 is 0.789 bits per heavy atom. The summed E-state index contributed by atoms with van der Waals surface area (Å²) in [5.41, 5.74) is 3.41. The Morgan fingerprint density at radius 3 is 2.04 bits per heavy atom. The number of halogens is 3. The first-order valence-electron chi connectivity index (χ1n) is 19.2. The third-order valence-electron chi connectivity index (χ3n) is 10.2. The molecule has 296 valence electrons. The van der Waals surface area contributed by atoms with Gasteiger partial charge in [0.1, 0.15) is 17.9 Å². The molecule has 1 atom stereocenters. The highest BCUT2D eigenvalue weighted by atomic mass is 28.4. The monoisotopic (exact) mass is 791 g/mol. The summed E-state index contributed by atoms with van der Waals surface area (Å²) < 4.78 is 58.1. The topological polar surface area (TPSA) is 77.3 Å². The minimum Gasteiger partial charge on any atom is -0.505 e. The van der Waals surface area contributed by atoms with Crippen molar-refractivity contribution in [3.63, 3.8) is 0 Å². The SMILES string of the molecule is Cc1cccc(CN=C(CCCCc2ccccc2OCc2ccc(C(F)(F)F)cc2)C2=C(O)C(O[Si](c3ccccc3)(c3ccccc3)C(C)(C)C)OC2=O)c1. The highest BCUT2D eigenvalue weighted by Crippen LogP contribution is 2.40. The van der Waals surface area contributed by atoms with Crippen molar-refractivity contribution < 1.29 is 37.0 Å². The van der Waals surface area contributed by atoms with Crippen LogP contribution < -0.4 is 15.1 Å². The summed E-state index contributed by atoms with van der Waals surface area (Å²) in [6.45, 7) is 8.78. The number of alkyl halides is 3. The quantitative estimate of drug-likeness (QED) is 0.0495. The van der Waals surface area contributed by atoms with E-state index in [1.54, 1.807) is 0 Å². The van der Waals surface area contributed by atoms with Gasteiger partial charge in [-0.25, -0.2) is 4.79 Å². The molecule has 6 rings (SSSR count). The van der Waals surface area contributed by atoms with E-state index in [0.717, 1.165) is 39.2 Å². The molecule has 1 heterocycles. The van der Waals surface area contributed by atoms with Crippen molar-refractivity contribution in [3.05, 3.63) is 173 Å². The summed E-state index contributed by atoms with van der Waals surface area (Å²) in [6, 6.07) is 40.5. The second kappa shape index (κ2) is 17.8. The lowest BCUT2D eigenvalue weighted by molar-refractivity contribution is -0.151. The van der Waals surface area contributed by atoms with Crippen LogP contribution in [-0.2, 0) is 39.7 Å². The number of aliphatic hydroxyl groups excluding tert-OH is 1. The number of rotatable bonds is 15. The van der Waals surface area contributed by atoms with E-state index in [1.807, 2.05) is 116 Å². The van der Waals surface area contributed by atoms with Crippen LogP contribution in [0.15, 0.2) is 150 Å². The van der Waals surface area contributed by atoms with Gasteiger partial charge in [-0.15, -0.1) is 0 Å². The maximum atomic E-state index is 13.8. The number of aryl methyl sites for hydroxylation is 2. The standard InChI is InChI=1S/C47H48F3NO5Si/c1-33-16-15-17-35(30-33)31-51-40(24-13-11-18-36-19-12-14-25-41(36)54-32-34-26-28-37(29-27-34)47(48,49)50)42-43(52)45(55-44(42)53)56-57(46(2,3)4,38-20-7-5-8-21-38)39-22-9-6-10-23-39/h5-10,12,14-17,19-23,25-30,45,52H,11,13,18,24,31-32H2,1-4H3. The molecule has 1 unspecified atom stereocenters. The van der Waals surface area contributed by atoms with Crippen molar-refractivity contribution >= 4 is 30.4 Å². The molecule has 1 N–H and O–H groups in total. The number of carbonyl (C=O) groups excluding carboxylic acids is 1. The van der Waals surface area contributed by atoms with Crippen LogP contribution in [-0.4, -0.2) is 31.4 Å². The molecular weight excluding hydrogens is 744 g/mol. The average Bonchev–Trinajstić information content (AvgIpc) is 3.47. The van der Waals surface area contributed by atoms with Gasteiger partial charge in [0.05, 0.1) is 17.8 Å². The Labute approximate surface area is 333 Å². The Kier molecular flexibility index (Phi) is 12.8. The summed E-state index contributed by atoms with van der Waals surface area (Å²) in [4.78, 5) is 18.7. The third kappa shape index (κ3) is 9.75. The number of esters is 1. The molecule has 6 nitrogen and oxygen atoms in total. The molecule has 0 bridgehead atoms. The van der Waals surface area contributed by atoms with Crippen LogP contribution in [0.4, 0.5) is 13.2 Å². The highest BCUT2D eigenvalue weighted by molar-refractivity contribution is 6.99. The van der Waals surface area contributed by atoms with E-state index in [1.165, 1.54) is 12.1 Å². The average molecular weight is 792 g/mol. The van der Waals surface area contributed by atoms with E-state index < -0.39 is 37.4 Å². The second-order valence-electron chi connectivity index (χ2n) is 15.3. The molecule has 0 radical (unpaired) electrons. The van der Waals surface area contributed by atoms with E-state index in [2.05, 4.69) is 20.8 Å². The first kappa shape index (κ1) is 41.2. The van der Waals surface area contributed by atoms with Crippen LogP contribution in [0.1, 0.15) is 67.9 Å².